The molecule has 0 aliphatic heterocycles. The Balaban J connectivity index is 0.977. The number of rotatable bonds is 5. The van der Waals surface area contributed by atoms with E-state index in [1.54, 1.807) is 0 Å². The van der Waals surface area contributed by atoms with Crippen LogP contribution in [0.25, 0.3) is 117 Å². The SMILES string of the molecule is c1ccc(-c2nc(-c3ccccc3)nc(-c3ccc4c(c3)oc3ccc(-c5ccc6oc7cccc(-n8c9ccccc9c9ccccc98)c7c6c5)cc34)n2)cc1. The molecular formula is C51H30N4O2. The monoisotopic (exact) mass is 730 g/mol. The Labute approximate surface area is 325 Å². The van der Waals surface area contributed by atoms with E-state index in [4.69, 9.17) is 23.8 Å². The lowest BCUT2D eigenvalue weighted by molar-refractivity contribution is 0.668. The first kappa shape index (κ1) is 31.5. The molecule has 8 aromatic carbocycles. The molecular weight excluding hydrogens is 701 g/mol. The molecule has 0 saturated heterocycles. The molecule has 0 bridgehead atoms. The van der Waals surface area contributed by atoms with E-state index in [2.05, 4.69) is 120 Å². The molecule has 0 N–H and O–H groups in total. The number of benzene rings is 8. The number of nitrogens with zero attached hydrogens (tertiary/aromatic N) is 4. The average molecular weight is 731 g/mol. The summed E-state index contributed by atoms with van der Waals surface area (Å²) in [6.07, 6.45) is 0. The maximum absolute atomic E-state index is 6.49. The summed E-state index contributed by atoms with van der Waals surface area (Å²) in [5.41, 5.74) is 11.6. The molecule has 0 aliphatic carbocycles. The lowest BCUT2D eigenvalue weighted by Crippen LogP contribution is -2.00. The molecule has 0 saturated carbocycles. The van der Waals surface area contributed by atoms with Crippen molar-refractivity contribution in [2.75, 3.05) is 0 Å². The van der Waals surface area contributed by atoms with Gasteiger partial charge in [-0.05, 0) is 71.8 Å². The van der Waals surface area contributed by atoms with E-state index in [-0.39, 0.29) is 0 Å². The summed E-state index contributed by atoms with van der Waals surface area (Å²) in [5.74, 6) is 1.84. The van der Waals surface area contributed by atoms with Crippen LogP contribution in [0, 0.1) is 0 Å². The quantitative estimate of drug-likeness (QED) is 0.176. The normalized spacial score (nSPS) is 11.9. The minimum Gasteiger partial charge on any atom is -0.456 e. The summed E-state index contributed by atoms with van der Waals surface area (Å²) in [6, 6.07) is 62.7. The van der Waals surface area contributed by atoms with Gasteiger partial charge in [0, 0.05) is 43.6 Å². The van der Waals surface area contributed by atoms with Crippen LogP contribution in [0.3, 0.4) is 0 Å². The summed E-state index contributed by atoms with van der Waals surface area (Å²) in [7, 11) is 0. The fourth-order valence-corrected chi connectivity index (χ4v) is 8.39. The van der Waals surface area contributed by atoms with Gasteiger partial charge in [-0.2, -0.15) is 0 Å². The molecule has 0 aliphatic rings. The largest absolute Gasteiger partial charge is 0.456 e. The van der Waals surface area contributed by atoms with Crippen molar-refractivity contribution in [2.45, 2.75) is 0 Å². The van der Waals surface area contributed by atoms with Crippen molar-refractivity contribution in [3.05, 3.63) is 182 Å². The van der Waals surface area contributed by atoms with Gasteiger partial charge >= 0.3 is 0 Å². The second kappa shape index (κ2) is 12.3. The van der Waals surface area contributed by atoms with Crippen LogP contribution >= 0.6 is 0 Å². The average Bonchev–Trinajstić information content (AvgIpc) is 3.95. The van der Waals surface area contributed by atoms with E-state index in [9.17, 15) is 0 Å². The Hall–Kier alpha value is -7.83. The number of fused-ring (bicyclic) bond motifs is 9. The van der Waals surface area contributed by atoms with Crippen LogP contribution in [0.5, 0.6) is 0 Å². The van der Waals surface area contributed by atoms with Crippen LogP contribution in [0.15, 0.2) is 191 Å². The van der Waals surface area contributed by atoms with Gasteiger partial charge in [-0.15, -0.1) is 0 Å². The fraction of sp³-hybridized carbons (Fsp3) is 0. The van der Waals surface area contributed by atoms with Gasteiger partial charge in [0.1, 0.15) is 22.3 Å². The van der Waals surface area contributed by atoms with Gasteiger partial charge in [0.05, 0.1) is 22.1 Å². The number of hydrogen-bond acceptors (Lipinski definition) is 5. The summed E-state index contributed by atoms with van der Waals surface area (Å²) in [5, 5.41) is 6.70. The van der Waals surface area contributed by atoms with Crippen molar-refractivity contribution >= 4 is 65.7 Å². The smallest absolute Gasteiger partial charge is 0.164 e. The molecule has 6 nitrogen and oxygen atoms in total. The van der Waals surface area contributed by atoms with Gasteiger partial charge in [0.2, 0.25) is 0 Å². The second-order valence-corrected chi connectivity index (χ2v) is 14.4. The highest BCUT2D eigenvalue weighted by atomic mass is 16.3. The molecule has 12 rings (SSSR count). The summed E-state index contributed by atoms with van der Waals surface area (Å²) in [4.78, 5) is 14.7. The number of para-hydroxylation sites is 2. The molecule has 0 radical (unpaired) electrons. The van der Waals surface area contributed by atoms with E-state index in [0.717, 1.165) is 77.4 Å². The highest BCUT2D eigenvalue weighted by molar-refractivity contribution is 6.15. The van der Waals surface area contributed by atoms with Crippen LogP contribution in [0.1, 0.15) is 0 Å². The van der Waals surface area contributed by atoms with Gasteiger partial charge in [0.15, 0.2) is 17.5 Å². The highest BCUT2D eigenvalue weighted by Gasteiger charge is 2.19. The first-order valence-corrected chi connectivity index (χ1v) is 19.0. The van der Waals surface area contributed by atoms with E-state index < -0.39 is 0 Å². The zero-order valence-electron chi connectivity index (χ0n) is 30.4. The lowest BCUT2D eigenvalue weighted by atomic mass is 10.00. The molecule has 0 unspecified atom stereocenters. The molecule has 12 aromatic rings. The third-order valence-corrected chi connectivity index (χ3v) is 11.1. The minimum atomic E-state index is 0.590. The summed E-state index contributed by atoms with van der Waals surface area (Å²) >= 11 is 0. The topological polar surface area (TPSA) is 69.9 Å². The van der Waals surface area contributed by atoms with Gasteiger partial charge in [0.25, 0.3) is 0 Å². The maximum atomic E-state index is 6.49. The minimum absolute atomic E-state index is 0.590. The maximum Gasteiger partial charge on any atom is 0.164 e. The fourth-order valence-electron chi connectivity index (χ4n) is 8.39. The van der Waals surface area contributed by atoms with Crippen LogP contribution in [-0.4, -0.2) is 19.5 Å². The molecule has 0 fully saturated rings. The molecule has 4 heterocycles. The molecule has 0 spiro atoms. The van der Waals surface area contributed by atoms with Crippen LogP contribution in [-0.2, 0) is 0 Å². The summed E-state index contributed by atoms with van der Waals surface area (Å²) < 4.78 is 15.4. The van der Waals surface area contributed by atoms with Crippen molar-refractivity contribution in [1.29, 1.82) is 0 Å². The zero-order valence-corrected chi connectivity index (χ0v) is 30.4. The van der Waals surface area contributed by atoms with Crippen LogP contribution in [0.2, 0.25) is 0 Å². The van der Waals surface area contributed by atoms with Crippen molar-refractivity contribution in [2.24, 2.45) is 0 Å². The lowest BCUT2D eigenvalue weighted by Gasteiger charge is -2.10. The van der Waals surface area contributed by atoms with E-state index >= 15 is 0 Å². The zero-order chi connectivity index (χ0) is 37.5. The van der Waals surface area contributed by atoms with Gasteiger partial charge in [-0.1, -0.05) is 121 Å². The van der Waals surface area contributed by atoms with Gasteiger partial charge in [-0.3, -0.25) is 0 Å². The highest BCUT2D eigenvalue weighted by Crippen LogP contribution is 2.41. The predicted octanol–water partition coefficient (Wildman–Crippen LogP) is 13.4. The Bertz CT molecular complexity index is 3410. The van der Waals surface area contributed by atoms with E-state index in [0.29, 0.717) is 17.5 Å². The predicted molar refractivity (Wildman–Crippen MR) is 230 cm³/mol. The molecule has 266 valence electrons. The van der Waals surface area contributed by atoms with Crippen molar-refractivity contribution < 1.29 is 8.83 Å². The Kier molecular flexibility index (Phi) is 6.83. The van der Waals surface area contributed by atoms with E-state index in [1.165, 1.54) is 21.8 Å². The van der Waals surface area contributed by atoms with Crippen LogP contribution < -0.4 is 0 Å². The first-order chi connectivity index (χ1) is 28.2. The van der Waals surface area contributed by atoms with E-state index in [1.807, 2.05) is 66.7 Å². The Morgan fingerprint density at radius 2 is 0.842 bits per heavy atom. The number of furan rings is 2. The number of hydrogen-bond donors (Lipinski definition) is 0. The molecule has 0 amide bonds. The second-order valence-electron chi connectivity index (χ2n) is 14.4. The van der Waals surface area contributed by atoms with Crippen LogP contribution in [0.4, 0.5) is 0 Å². The molecule has 0 atom stereocenters. The van der Waals surface area contributed by atoms with Gasteiger partial charge in [-0.25, -0.2) is 15.0 Å². The molecule has 4 aromatic heterocycles. The van der Waals surface area contributed by atoms with Crippen molar-refractivity contribution in [3.63, 3.8) is 0 Å². The molecule has 57 heavy (non-hydrogen) atoms. The Morgan fingerprint density at radius 3 is 1.49 bits per heavy atom. The molecule has 6 heteroatoms. The standard InChI is InChI=1S/C51H30N4O2/c1-3-12-31(13-4-1)49-52-50(32-14-5-2-6-15-32)54-51(53-49)35-22-25-38-39-28-33(23-26-44(39)57-47(38)30-35)34-24-27-45-40(29-34)48-43(20-11-21-46(48)56-45)55-41-18-9-7-16-36(41)37-17-8-10-19-42(37)55/h1-30H. The third-order valence-electron chi connectivity index (χ3n) is 11.1. The third kappa shape index (κ3) is 5.01. The van der Waals surface area contributed by atoms with Crippen molar-refractivity contribution in [1.82, 2.24) is 19.5 Å². The number of aromatic nitrogens is 4. The summed E-state index contributed by atoms with van der Waals surface area (Å²) in [6.45, 7) is 0. The van der Waals surface area contributed by atoms with Gasteiger partial charge < -0.3 is 13.4 Å². The first-order valence-electron chi connectivity index (χ1n) is 19.0. The Morgan fingerprint density at radius 1 is 0.316 bits per heavy atom. The van der Waals surface area contributed by atoms with Crippen molar-refractivity contribution in [3.8, 4) is 51.0 Å².